The topological polar surface area (TPSA) is 32.7 Å². The average molecular weight is 538 g/mol. The van der Waals surface area contributed by atoms with Crippen LogP contribution in [0.4, 0.5) is 0 Å². The monoisotopic (exact) mass is 537 g/mol. The summed E-state index contributed by atoms with van der Waals surface area (Å²) in [5, 5.41) is 9.75. The molecular formula is C33H39FeNO2+2. The second-order valence-corrected chi connectivity index (χ2v) is 9.13. The molecule has 0 unspecified atom stereocenters. The van der Waals surface area contributed by atoms with E-state index in [-0.39, 0.29) is 22.8 Å². The van der Waals surface area contributed by atoms with Crippen LogP contribution in [0.5, 0.6) is 11.5 Å². The Labute approximate surface area is 237 Å². The molecule has 4 heteroatoms. The molecule has 0 bridgehead atoms. The van der Waals surface area contributed by atoms with Crippen LogP contribution in [0.3, 0.4) is 0 Å². The minimum Gasteiger partial charge on any atom is -0.508 e. The number of nitrogens with zero attached hydrogens (tertiary/aromatic N) is 1. The third kappa shape index (κ3) is 10.9. The van der Waals surface area contributed by atoms with Gasteiger partial charge in [-0.2, -0.15) is 0 Å². The fraction of sp³-hybridized carbons (Fsp3) is 0.273. The fourth-order valence-corrected chi connectivity index (χ4v) is 4.18. The maximum atomic E-state index is 9.75. The second kappa shape index (κ2) is 17.7. The van der Waals surface area contributed by atoms with Crippen LogP contribution in [0.25, 0.3) is 5.57 Å². The van der Waals surface area contributed by atoms with Crippen molar-refractivity contribution >= 4 is 5.57 Å². The molecule has 37 heavy (non-hydrogen) atoms. The maximum Gasteiger partial charge on any atom is 2.00 e. The summed E-state index contributed by atoms with van der Waals surface area (Å²) in [6, 6.07) is 15.9. The summed E-state index contributed by atoms with van der Waals surface area (Å²) in [6.07, 6.45) is 22.9. The number of ether oxygens (including phenoxy) is 1. The maximum absolute atomic E-state index is 9.75. The molecule has 0 atom stereocenters. The van der Waals surface area contributed by atoms with Gasteiger partial charge in [0.05, 0.1) is 6.61 Å². The van der Waals surface area contributed by atoms with Gasteiger partial charge in [0.1, 0.15) is 11.5 Å². The predicted molar refractivity (Wildman–Crippen MR) is 151 cm³/mol. The Bertz CT molecular complexity index is 887. The Hall–Kier alpha value is -1.74. The number of aromatic hydroxyl groups is 1. The number of benzene rings is 2. The van der Waals surface area contributed by atoms with Gasteiger partial charge in [-0.15, -0.1) is 0 Å². The summed E-state index contributed by atoms with van der Waals surface area (Å²) in [6.45, 7) is 4.07. The van der Waals surface area contributed by atoms with Gasteiger partial charge in [-0.05, 0) is 145 Å². The van der Waals surface area contributed by atoms with E-state index in [1.54, 1.807) is 12.1 Å². The molecule has 2 aromatic rings. The molecule has 2 aromatic carbocycles. The molecule has 2 aliphatic rings. The summed E-state index contributed by atoms with van der Waals surface area (Å²) >= 11 is 0. The molecule has 2 saturated carbocycles. The largest absolute Gasteiger partial charge is 2.00 e. The van der Waals surface area contributed by atoms with Crippen LogP contribution in [0, 0.1) is 63.7 Å². The van der Waals surface area contributed by atoms with Gasteiger partial charge in [-0.25, -0.2) is 0 Å². The van der Waals surface area contributed by atoms with Crippen molar-refractivity contribution in [3.05, 3.63) is 129 Å². The molecule has 0 aliphatic heterocycles. The van der Waals surface area contributed by atoms with E-state index in [1.165, 1.54) is 29.9 Å². The minimum absolute atomic E-state index is 0. The number of hydrogen-bond acceptors (Lipinski definition) is 3. The normalized spacial score (nSPS) is 16.1. The molecule has 3 nitrogen and oxygen atoms in total. The van der Waals surface area contributed by atoms with E-state index in [4.69, 9.17) is 4.74 Å². The van der Waals surface area contributed by atoms with Crippen molar-refractivity contribution in [3.63, 3.8) is 0 Å². The van der Waals surface area contributed by atoms with E-state index < -0.39 is 0 Å². The van der Waals surface area contributed by atoms with Crippen molar-refractivity contribution in [3.8, 4) is 11.5 Å². The number of allylic oxidation sites excluding steroid dienone is 1. The molecule has 1 N–H and O–H groups in total. The van der Waals surface area contributed by atoms with E-state index in [9.17, 15) is 5.11 Å². The van der Waals surface area contributed by atoms with Crippen molar-refractivity contribution in [1.82, 2.24) is 4.90 Å². The van der Waals surface area contributed by atoms with Gasteiger partial charge in [0.15, 0.2) is 0 Å². The quantitative estimate of drug-likeness (QED) is 0.244. The van der Waals surface area contributed by atoms with Crippen molar-refractivity contribution in [1.29, 1.82) is 0 Å². The van der Waals surface area contributed by atoms with Crippen molar-refractivity contribution in [2.24, 2.45) is 0 Å². The molecule has 4 rings (SSSR count). The molecule has 2 aliphatic carbocycles. The molecule has 2 fully saturated rings. The standard InChI is InChI=1S/C28H34NO2.C5H5.Fe/c1-4-27(22-10-6-7-11-22)28(23-12-16-25(30)17-13-23)24-14-18-26(19-15-24)31-21-9-5-8-20-29(2)3;1-2-4-5-3-1;/h6-7,10-19,30H,4-5,8-9,20-21H2,1-3H3;1-5H;/q;;+2/b28-27+;;. The van der Waals surface area contributed by atoms with E-state index in [2.05, 4.69) is 75.9 Å². The van der Waals surface area contributed by atoms with E-state index >= 15 is 0 Å². The predicted octanol–water partition coefficient (Wildman–Crippen LogP) is 7.14. The van der Waals surface area contributed by atoms with Gasteiger partial charge in [0, 0.05) is 5.92 Å². The molecule has 0 amide bonds. The molecule has 194 valence electrons. The molecule has 10 radical (unpaired) electrons. The summed E-state index contributed by atoms with van der Waals surface area (Å²) in [5.41, 5.74) is 4.75. The Kier molecular flexibility index (Phi) is 15.1. The summed E-state index contributed by atoms with van der Waals surface area (Å²) in [5.74, 6) is 2.43. The van der Waals surface area contributed by atoms with Gasteiger partial charge in [0.2, 0.25) is 0 Å². The van der Waals surface area contributed by atoms with Crippen LogP contribution >= 0.6 is 0 Å². The molecular weight excluding hydrogens is 498 g/mol. The Balaban J connectivity index is 0.000000716. The number of phenolic OH excluding ortho intramolecular Hbond substituents is 1. The Morgan fingerprint density at radius 3 is 1.78 bits per heavy atom. The Morgan fingerprint density at radius 2 is 1.27 bits per heavy atom. The summed E-state index contributed by atoms with van der Waals surface area (Å²) in [4.78, 5) is 2.22. The van der Waals surface area contributed by atoms with Crippen LogP contribution in [0.2, 0.25) is 0 Å². The number of unbranched alkanes of at least 4 members (excludes halogenated alkanes) is 2. The van der Waals surface area contributed by atoms with Gasteiger partial charge in [-0.1, -0.05) is 36.8 Å². The molecule has 0 heterocycles. The van der Waals surface area contributed by atoms with Crippen LogP contribution in [-0.4, -0.2) is 37.3 Å². The first-order chi connectivity index (χ1) is 17.6. The minimum atomic E-state index is 0. The third-order valence-electron chi connectivity index (χ3n) is 6.04. The zero-order valence-corrected chi connectivity index (χ0v) is 23.3. The van der Waals surface area contributed by atoms with Gasteiger partial charge < -0.3 is 14.7 Å². The first-order valence-corrected chi connectivity index (χ1v) is 12.9. The summed E-state index contributed by atoms with van der Waals surface area (Å²) < 4.78 is 5.97. The van der Waals surface area contributed by atoms with Gasteiger partial charge >= 0.3 is 17.1 Å². The van der Waals surface area contributed by atoms with Crippen molar-refractivity contribution < 1.29 is 26.9 Å². The number of rotatable bonds is 11. The summed E-state index contributed by atoms with van der Waals surface area (Å²) in [7, 11) is 4.22. The smallest absolute Gasteiger partial charge is 0.508 e. The zero-order chi connectivity index (χ0) is 25.6. The van der Waals surface area contributed by atoms with Crippen molar-refractivity contribution in [2.75, 3.05) is 27.2 Å². The van der Waals surface area contributed by atoms with E-state index in [0.717, 1.165) is 42.9 Å². The van der Waals surface area contributed by atoms with Crippen LogP contribution in [0.1, 0.15) is 43.7 Å². The van der Waals surface area contributed by atoms with Crippen LogP contribution in [0.15, 0.2) is 54.1 Å². The van der Waals surface area contributed by atoms with Crippen LogP contribution < -0.4 is 4.74 Å². The van der Waals surface area contributed by atoms with Crippen LogP contribution in [-0.2, 0) is 17.1 Å². The van der Waals surface area contributed by atoms with E-state index in [0.29, 0.717) is 0 Å². The molecule has 0 spiro atoms. The average Bonchev–Trinajstić information content (AvgIpc) is 3.63. The van der Waals surface area contributed by atoms with Gasteiger partial charge in [-0.3, -0.25) is 0 Å². The van der Waals surface area contributed by atoms with Crippen molar-refractivity contribution in [2.45, 2.75) is 32.6 Å². The first-order valence-electron chi connectivity index (χ1n) is 12.9. The second-order valence-electron chi connectivity index (χ2n) is 9.13. The fourth-order valence-electron chi connectivity index (χ4n) is 4.18. The third-order valence-corrected chi connectivity index (χ3v) is 6.04. The molecule has 0 aromatic heterocycles. The SMILES string of the molecule is CC/C([C]1[CH][CH][CH][CH]1)=C(/c1ccc(O)cc1)c1ccc(OCCCCCN(C)C)cc1.[CH]1[CH][CH][CH][CH]1.[Fe+2]. The first kappa shape index (κ1) is 31.5. The number of phenols is 1. The van der Waals surface area contributed by atoms with Gasteiger partial charge in [0.25, 0.3) is 0 Å². The Morgan fingerprint density at radius 1 is 0.730 bits per heavy atom. The number of hydrogen-bond donors (Lipinski definition) is 1. The zero-order valence-electron chi connectivity index (χ0n) is 22.2. The molecule has 0 saturated heterocycles. The van der Waals surface area contributed by atoms with E-state index in [1.807, 2.05) is 44.2 Å².